The standard InChI is InChI=1S/C20H13N3/c21-13-14-5-7-15(8-6-14)16-9-11-17(12-10-16)20-18-3-1-2-4-19(18)22-23-20/h1-12,20H. The summed E-state index contributed by atoms with van der Waals surface area (Å²) in [5.41, 5.74) is 6.14. The molecule has 0 fully saturated rings. The smallest absolute Gasteiger partial charge is 0.123 e. The molecule has 1 aliphatic rings. The predicted octanol–water partition coefficient (Wildman–Crippen LogP) is 5.41. The van der Waals surface area contributed by atoms with Crippen LogP contribution in [-0.4, -0.2) is 0 Å². The molecule has 1 heterocycles. The third kappa shape index (κ3) is 2.41. The fourth-order valence-electron chi connectivity index (χ4n) is 2.83. The summed E-state index contributed by atoms with van der Waals surface area (Å²) in [6, 6.07) is 26.2. The van der Waals surface area contributed by atoms with Crippen molar-refractivity contribution in [2.24, 2.45) is 10.2 Å². The van der Waals surface area contributed by atoms with Gasteiger partial charge in [0, 0.05) is 5.56 Å². The first kappa shape index (κ1) is 13.4. The molecule has 3 aromatic carbocycles. The van der Waals surface area contributed by atoms with Gasteiger partial charge in [-0.1, -0.05) is 54.6 Å². The molecular weight excluding hydrogens is 282 g/mol. The van der Waals surface area contributed by atoms with Crippen molar-refractivity contribution in [1.29, 1.82) is 5.26 Å². The van der Waals surface area contributed by atoms with E-state index in [1.807, 2.05) is 42.5 Å². The van der Waals surface area contributed by atoms with Gasteiger partial charge in [-0.05, 0) is 34.9 Å². The van der Waals surface area contributed by atoms with Crippen molar-refractivity contribution in [2.75, 3.05) is 0 Å². The zero-order valence-electron chi connectivity index (χ0n) is 12.3. The molecule has 0 aromatic heterocycles. The minimum atomic E-state index is -0.0128. The average Bonchev–Trinajstić information content (AvgIpc) is 3.06. The Kier molecular flexibility index (Phi) is 3.21. The summed E-state index contributed by atoms with van der Waals surface area (Å²) < 4.78 is 0. The van der Waals surface area contributed by atoms with Crippen LogP contribution < -0.4 is 0 Å². The van der Waals surface area contributed by atoms with Gasteiger partial charge in [-0.3, -0.25) is 0 Å². The molecule has 3 nitrogen and oxygen atoms in total. The molecule has 0 saturated carbocycles. The molecule has 1 unspecified atom stereocenters. The summed E-state index contributed by atoms with van der Waals surface area (Å²) in [5.74, 6) is 0. The number of nitrogens with zero attached hydrogens (tertiary/aromatic N) is 3. The molecule has 0 amide bonds. The molecular formula is C20H13N3. The number of fused-ring (bicyclic) bond motifs is 1. The van der Waals surface area contributed by atoms with Crippen LogP contribution in [0.15, 0.2) is 83.0 Å². The van der Waals surface area contributed by atoms with E-state index in [1.54, 1.807) is 0 Å². The van der Waals surface area contributed by atoms with Crippen LogP contribution in [0.1, 0.15) is 22.7 Å². The highest BCUT2D eigenvalue weighted by Gasteiger charge is 2.21. The second-order valence-electron chi connectivity index (χ2n) is 5.49. The van der Waals surface area contributed by atoms with Crippen LogP contribution in [-0.2, 0) is 0 Å². The molecule has 0 bridgehead atoms. The van der Waals surface area contributed by atoms with E-state index in [4.69, 9.17) is 5.26 Å². The van der Waals surface area contributed by atoms with E-state index in [9.17, 15) is 0 Å². The van der Waals surface area contributed by atoms with Crippen LogP contribution in [0, 0.1) is 11.3 Å². The molecule has 3 heteroatoms. The molecule has 0 radical (unpaired) electrons. The lowest BCUT2D eigenvalue weighted by atomic mass is 9.96. The van der Waals surface area contributed by atoms with Gasteiger partial charge >= 0.3 is 0 Å². The Labute approximate surface area is 134 Å². The summed E-state index contributed by atoms with van der Waals surface area (Å²) in [6.45, 7) is 0. The maximum atomic E-state index is 8.87. The van der Waals surface area contributed by atoms with E-state index in [0.717, 1.165) is 27.9 Å². The topological polar surface area (TPSA) is 48.5 Å². The van der Waals surface area contributed by atoms with Crippen LogP contribution in [0.5, 0.6) is 0 Å². The first-order chi connectivity index (χ1) is 11.3. The van der Waals surface area contributed by atoms with Crippen molar-refractivity contribution in [2.45, 2.75) is 6.04 Å². The summed E-state index contributed by atoms with van der Waals surface area (Å²) in [4.78, 5) is 0. The van der Waals surface area contributed by atoms with E-state index in [1.165, 1.54) is 0 Å². The molecule has 108 valence electrons. The molecule has 3 aromatic rings. The fraction of sp³-hybridized carbons (Fsp3) is 0.0500. The fourth-order valence-corrected chi connectivity index (χ4v) is 2.83. The van der Waals surface area contributed by atoms with E-state index < -0.39 is 0 Å². The Bertz CT molecular complexity index is 916. The third-order valence-corrected chi connectivity index (χ3v) is 4.09. The molecule has 0 saturated heterocycles. The van der Waals surface area contributed by atoms with Crippen molar-refractivity contribution in [1.82, 2.24) is 0 Å². The Morgan fingerprint density at radius 2 is 1.43 bits per heavy atom. The Morgan fingerprint density at radius 3 is 2.13 bits per heavy atom. The number of benzene rings is 3. The van der Waals surface area contributed by atoms with Gasteiger partial charge in [0.05, 0.1) is 17.3 Å². The predicted molar refractivity (Wildman–Crippen MR) is 89.4 cm³/mol. The number of rotatable bonds is 2. The monoisotopic (exact) mass is 295 g/mol. The van der Waals surface area contributed by atoms with E-state index >= 15 is 0 Å². The minimum Gasteiger partial charge on any atom is -0.192 e. The lowest BCUT2D eigenvalue weighted by Crippen LogP contribution is -1.94. The van der Waals surface area contributed by atoms with E-state index in [2.05, 4.69) is 46.6 Å². The highest BCUT2D eigenvalue weighted by molar-refractivity contribution is 5.65. The highest BCUT2D eigenvalue weighted by atomic mass is 15.2. The minimum absolute atomic E-state index is 0.0128. The zero-order chi connectivity index (χ0) is 15.6. The summed E-state index contributed by atoms with van der Waals surface area (Å²) in [7, 11) is 0. The molecule has 1 aliphatic heterocycles. The van der Waals surface area contributed by atoms with Crippen molar-refractivity contribution < 1.29 is 0 Å². The molecule has 0 spiro atoms. The van der Waals surface area contributed by atoms with E-state index in [0.29, 0.717) is 5.56 Å². The number of hydrogen-bond donors (Lipinski definition) is 0. The summed E-state index contributed by atoms with van der Waals surface area (Å²) in [6.07, 6.45) is 0. The molecule has 1 atom stereocenters. The second-order valence-corrected chi connectivity index (χ2v) is 5.49. The van der Waals surface area contributed by atoms with E-state index in [-0.39, 0.29) is 6.04 Å². The Hall–Kier alpha value is -3.25. The first-order valence-corrected chi connectivity index (χ1v) is 7.45. The summed E-state index contributed by atoms with van der Waals surface area (Å²) >= 11 is 0. The van der Waals surface area contributed by atoms with Gasteiger partial charge in [-0.15, -0.1) is 0 Å². The van der Waals surface area contributed by atoms with Crippen molar-refractivity contribution in [3.63, 3.8) is 0 Å². The zero-order valence-corrected chi connectivity index (χ0v) is 12.3. The maximum Gasteiger partial charge on any atom is 0.123 e. The molecule has 4 rings (SSSR count). The largest absolute Gasteiger partial charge is 0.192 e. The third-order valence-electron chi connectivity index (χ3n) is 4.09. The van der Waals surface area contributed by atoms with Crippen molar-refractivity contribution in [3.05, 3.63) is 89.5 Å². The quantitative estimate of drug-likeness (QED) is 0.623. The van der Waals surface area contributed by atoms with Gasteiger partial charge < -0.3 is 0 Å². The van der Waals surface area contributed by atoms with Gasteiger partial charge in [0.1, 0.15) is 6.04 Å². The van der Waals surface area contributed by atoms with Gasteiger partial charge in [-0.2, -0.15) is 15.5 Å². The highest BCUT2D eigenvalue weighted by Crippen LogP contribution is 2.39. The molecule has 0 N–H and O–H groups in total. The van der Waals surface area contributed by atoms with Crippen LogP contribution >= 0.6 is 0 Å². The Balaban J connectivity index is 1.64. The van der Waals surface area contributed by atoms with Gasteiger partial charge in [0.2, 0.25) is 0 Å². The molecule has 23 heavy (non-hydrogen) atoms. The second kappa shape index (κ2) is 5.51. The Morgan fingerprint density at radius 1 is 0.783 bits per heavy atom. The number of hydrogen-bond acceptors (Lipinski definition) is 3. The maximum absolute atomic E-state index is 8.87. The van der Waals surface area contributed by atoms with Crippen LogP contribution in [0.3, 0.4) is 0 Å². The first-order valence-electron chi connectivity index (χ1n) is 7.45. The molecule has 0 aliphatic carbocycles. The summed E-state index contributed by atoms with van der Waals surface area (Å²) in [5, 5.41) is 17.5. The van der Waals surface area contributed by atoms with Gasteiger partial charge in [0.25, 0.3) is 0 Å². The lowest BCUT2D eigenvalue weighted by molar-refractivity contribution is 0.862. The lowest BCUT2D eigenvalue weighted by Gasteiger charge is -2.09. The number of nitriles is 1. The van der Waals surface area contributed by atoms with Crippen LogP contribution in [0.2, 0.25) is 0 Å². The van der Waals surface area contributed by atoms with Crippen molar-refractivity contribution >= 4 is 5.69 Å². The van der Waals surface area contributed by atoms with Gasteiger partial charge in [0.15, 0.2) is 0 Å². The average molecular weight is 295 g/mol. The normalized spacial score (nSPS) is 15.2. The SMILES string of the molecule is N#Cc1ccc(-c2ccc(C3N=Nc4ccccc43)cc2)cc1. The number of azo groups is 1. The van der Waals surface area contributed by atoms with Crippen molar-refractivity contribution in [3.8, 4) is 17.2 Å². The van der Waals surface area contributed by atoms with Crippen LogP contribution in [0.25, 0.3) is 11.1 Å². The van der Waals surface area contributed by atoms with Gasteiger partial charge in [-0.25, -0.2) is 0 Å². The van der Waals surface area contributed by atoms with Crippen LogP contribution in [0.4, 0.5) is 5.69 Å².